The summed E-state index contributed by atoms with van der Waals surface area (Å²) in [5.41, 5.74) is 26.5. The van der Waals surface area contributed by atoms with E-state index >= 15 is 0 Å². The summed E-state index contributed by atoms with van der Waals surface area (Å²) in [5.74, 6) is 0.631. The van der Waals surface area contributed by atoms with Crippen molar-refractivity contribution in [1.29, 1.82) is 0 Å². The molecule has 0 fully saturated rings. The quantitative estimate of drug-likeness (QED) is 0.241. The third-order valence-corrected chi connectivity index (χ3v) is 12.6. The van der Waals surface area contributed by atoms with E-state index in [2.05, 4.69) is 130 Å². The van der Waals surface area contributed by atoms with E-state index in [1.54, 1.807) is 0 Å². The molecule has 44 heavy (non-hydrogen) atoms. The van der Waals surface area contributed by atoms with Gasteiger partial charge in [0, 0.05) is 21.8 Å². The van der Waals surface area contributed by atoms with Crippen LogP contribution in [0.3, 0.4) is 0 Å². The molecule has 0 heterocycles. The van der Waals surface area contributed by atoms with Crippen LogP contribution in [-0.4, -0.2) is 0 Å². The van der Waals surface area contributed by atoms with Crippen molar-refractivity contribution in [1.82, 2.24) is 0 Å². The van der Waals surface area contributed by atoms with E-state index in [1.165, 1.54) is 90.7 Å². The van der Waals surface area contributed by atoms with E-state index in [4.69, 9.17) is 5.73 Å². The normalized spacial score (nSPS) is 17.6. The van der Waals surface area contributed by atoms with Crippen LogP contribution in [0.25, 0.3) is 33.4 Å². The van der Waals surface area contributed by atoms with E-state index in [1.807, 2.05) is 0 Å². The molecule has 4 aromatic carbocycles. The van der Waals surface area contributed by atoms with Gasteiger partial charge in [-0.25, -0.2) is 0 Å². The highest BCUT2D eigenvalue weighted by Gasteiger charge is 2.45. The minimum absolute atomic E-state index is 0.0233. The van der Waals surface area contributed by atoms with Gasteiger partial charge < -0.3 is 5.73 Å². The third kappa shape index (κ3) is 3.69. The molecule has 0 unspecified atom stereocenters. The lowest BCUT2D eigenvalue weighted by Crippen LogP contribution is -2.35. The SMILES string of the molecule is CCC(CC)c1ccc2c(c1)C(C)(C)c1cc3c(cc1-2)C(C)(C)c1cc2c(cc1-3)C(C)(C)c1cc(C(N)(CC)CC)ccc1-2. The predicted molar refractivity (Wildman–Crippen MR) is 189 cm³/mol. The molecule has 0 bridgehead atoms. The van der Waals surface area contributed by atoms with Crippen molar-refractivity contribution in [3.63, 3.8) is 0 Å². The molecular weight excluding hydrogens is 530 g/mol. The van der Waals surface area contributed by atoms with Crippen molar-refractivity contribution < 1.29 is 0 Å². The van der Waals surface area contributed by atoms with Gasteiger partial charge in [-0.15, -0.1) is 0 Å². The molecule has 0 saturated heterocycles. The Balaban J connectivity index is 1.38. The second kappa shape index (κ2) is 9.43. The van der Waals surface area contributed by atoms with Crippen LogP contribution in [0, 0.1) is 0 Å². The number of hydrogen-bond acceptors (Lipinski definition) is 1. The van der Waals surface area contributed by atoms with Gasteiger partial charge in [0.1, 0.15) is 0 Å². The minimum atomic E-state index is -0.276. The summed E-state index contributed by atoms with van der Waals surface area (Å²) in [4.78, 5) is 0. The van der Waals surface area contributed by atoms with Gasteiger partial charge in [0.2, 0.25) is 0 Å². The van der Waals surface area contributed by atoms with Gasteiger partial charge in [-0.3, -0.25) is 0 Å². The first-order chi connectivity index (χ1) is 20.7. The molecule has 0 aliphatic heterocycles. The topological polar surface area (TPSA) is 26.0 Å². The average molecular weight is 582 g/mol. The summed E-state index contributed by atoms with van der Waals surface area (Å²) >= 11 is 0. The number of hydrogen-bond donors (Lipinski definition) is 1. The van der Waals surface area contributed by atoms with Crippen molar-refractivity contribution in [2.45, 2.75) is 123 Å². The molecule has 0 aromatic heterocycles. The maximum Gasteiger partial charge on any atom is 0.0404 e. The van der Waals surface area contributed by atoms with Crippen LogP contribution < -0.4 is 5.73 Å². The molecule has 1 nitrogen and oxygen atoms in total. The molecule has 0 spiro atoms. The van der Waals surface area contributed by atoms with Crippen molar-refractivity contribution in [3.8, 4) is 33.4 Å². The predicted octanol–water partition coefficient (Wildman–Crippen LogP) is 11.5. The van der Waals surface area contributed by atoms with Gasteiger partial charge in [-0.2, -0.15) is 0 Å². The molecule has 0 atom stereocenters. The molecular formula is C43H51N. The maximum absolute atomic E-state index is 6.91. The Hall–Kier alpha value is -3.16. The summed E-state index contributed by atoms with van der Waals surface area (Å²) in [6.07, 6.45) is 4.27. The second-order valence-electron chi connectivity index (χ2n) is 15.7. The monoisotopic (exact) mass is 581 g/mol. The lowest BCUT2D eigenvalue weighted by Gasteiger charge is -2.29. The Labute approximate surface area is 266 Å². The molecule has 0 radical (unpaired) electrons. The molecule has 0 amide bonds. The molecule has 1 heteroatoms. The summed E-state index contributed by atoms with van der Waals surface area (Å²) in [5, 5.41) is 0. The van der Waals surface area contributed by atoms with Crippen LogP contribution in [0.4, 0.5) is 0 Å². The first-order valence-electron chi connectivity index (χ1n) is 17.2. The Morgan fingerprint density at radius 3 is 1.27 bits per heavy atom. The smallest absolute Gasteiger partial charge is 0.0404 e. The van der Waals surface area contributed by atoms with Crippen LogP contribution >= 0.6 is 0 Å². The molecule has 0 saturated carbocycles. The average Bonchev–Trinajstić information content (AvgIpc) is 3.48. The van der Waals surface area contributed by atoms with E-state index in [0.29, 0.717) is 5.92 Å². The van der Waals surface area contributed by atoms with Crippen molar-refractivity contribution in [3.05, 3.63) is 105 Å². The fourth-order valence-electron chi connectivity index (χ4n) is 9.19. The van der Waals surface area contributed by atoms with Crippen LogP contribution in [-0.2, 0) is 21.8 Å². The van der Waals surface area contributed by atoms with E-state index in [9.17, 15) is 0 Å². The number of benzene rings is 4. The van der Waals surface area contributed by atoms with Crippen molar-refractivity contribution in [2.75, 3.05) is 0 Å². The van der Waals surface area contributed by atoms with E-state index < -0.39 is 0 Å². The summed E-state index contributed by atoms with van der Waals surface area (Å²) in [6, 6.07) is 24.7. The maximum atomic E-state index is 6.91. The van der Waals surface area contributed by atoms with E-state index in [0.717, 1.165) is 12.8 Å². The molecule has 3 aliphatic rings. The largest absolute Gasteiger partial charge is 0.321 e. The number of fused-ring (bicyclic) bond motifs is 9. The number of rotatable bonds is 6. The Kier molecular flexibility index (Phi) is 6.33. The zero-order valence-electron chi connectivity index (χ0n) is 28.8. The van der Waals surface area contributed by atoms with Crippen molar-refractivity contribution in [2.24, 2.45) is 5.73 Å². The Morgan fingerprint density at radius 2 is 0.864 bits per heavy atom. The first-order valence-corrected chi connectivity index (χ1v) is 17.2. The number of nitrogens with two attached hydrogens (primary N) is 1. The molecule has 7 rings (SSSR count). The summed E-state index contributed by atoms with van der Waals surface area (Å²) in [7, 11) is 0. The van der Waals surface area contributed by atoms with Gasteiger partial charge in [-0.1, -0.05) is 106 Å². The van der Waals surface area contributed by atoms with Crippen LogP contribution in [0.1, 0.15) is 145 Å². The highest BCUT2D eigenvalue weighted by atomic mass is 14.7. The molecule has 4 aromatic rings. The summed E-state index contributed by atoms with van der Waals surface area (Å²) < 4.78 is 0. The van der Waals surface area contributed by atoms with Gasteiger partial charge in [0.15, 0.2) is 0 Å². The fourth-order valence-corrected chi connectivity index (χ4v) is 9.19. The first kappa shape index (κ1) is 29.5. The zero-order valence-corrected chi connectivity index (χ0v) is 28.8. The molecule has 3 aliphatic carbocycles. The minimum Gasteiger partial charge on any atom is -0.321 e. The fraction of sp³-hybridized carbons (Fsp3) is 0.442. The van der Waals surface area contributed by atoms with Crippen LogP contribution in [0.2, 0.25) is 0 Å². The van der Waals surface area contributed by atoms with Gasteiger partial charge in [0.25, 0.3) is 0 Å². The van der Waals surface area contributed by atoms with Gasteiger partial charge in [0.05, 0.1) is 0 Å². The summed E-state index contributed by atoms with van der Waals surface area (Å²) in [6.45, 7) is 23.6. The zero-order chi connectivity index (χ0) is 31.6. The third-order valence-electron chi connectivity index (χ3n) is 12.6. The Morgan fingerprint density at radius 1 is 0.500 bits per heavy atom. The lowest BCUT2D eigenvalue weighted by atomic mass is 9.78. The van der Waals surface area contributed by atoms with E-state index in [-0.39, 0.29) is 21.8 Å². The Bertz CT molecular complexity index is 1840. The second-order valence-corrected chi connectivity index (χ2v) is 15.7. The standard InChI is InChI=1S/C43H51N/c1-11-25(12-2)26-15-17-28-30-21-38-32(23-36(30)40(5,6)34(28)19-26)33-24-37-31(22-39(33)42(38,9)10)29-18-16-27(43(44,13-3)14-4)20-35(29)41(37,7)8/h15-25H,11-14,44H2,1-10H3. The highest BCUT2D eigenvalue weighted by Crippen LogP contribution is 2.59. The van der Waals surface area contributed by atoms with Crippen LogP contribution in [0.5, 0.6) is 0 Å². The van der Waals surface area contributed by atoms with Crippen LogP contribution in [0.15, 0.2) is 60.7 Å². The molecule has 228 valence electrons. The van der Waals surface area contributed by atoms with Gasteiger partial charge >= 0.3 is 0 Å². The van der Waals surface area contributed by atoms with Crippen molar-refractivity contribution >= 4 is 0 Å². The molecule has 2 N–H and O–H groups in total. The lowest BCUT2D eigenvalue weighted by molar-refractivity contribution is 0.412. The van der Waals surface area contributed by atoms with Gasteiger partial charge in [-0.05, 0) is 134 Å². The highest BCUT2D eigenvalue weighted by molar-refractivity contribution is 5.93.